The fourth-order valence-electron chi connectivity index (χ4n) is 3.27. The van der Waals surface area contributed by atoms with Gasteiger partial charge in [-0.25, -0.2) is 9.97 Å². The molecule has 0 unspecified atom stereocenters. The molecule has 0 aliphatic heterocycles. The van der Waals surface area contributed by atoms with E-state index in [4.69, 9.17) is 4.42 Å². The molecule has 0 bridgehead atoms. The number of nitrogens with one attached hydrogen (secondary N) is 1. The highest BCUT2D eigenvalue weighted by molar-refractivity contribution is 7.19. The lowest BCUT2D eigenvalue weighted by molar-refractivity contribution is 0.269. The molecule has 1 aliphatic carbocycles. The third-order valence-electron chi connectivity index (χ3n) is 4.46. The van der Waals surface area contributed by atoms with Gasteiger partial charge < -0.3 is 9.73 Å². The number of fused-ring (bicyclic) bond motifs is 3. The average Bonchev–Trinajstić information content (AvgIpc) is 3.23. The first-order valence-electron chi connectivity index (χ1n) is 7.93. The summed E-state index contributed by atoms with van der Waals surface area (Å²) in [5.74, 6) is 1.91. The van der Waals surface area contributed by atoms with Crippen LogP contribution in [0.4, 0.5) is 5.82 Å². The summed E-state index contributed by atoms with van der Waals surface area (Å²) in [4.78, 5) is 13.7. The summed E-state index contributed by atoms with van der Waals surface area (Å²) in [6.07, 6.45) is 6.96. The van der Waals surface area contributed by atoms with Gasteiger partial charge in [0, 0.05) is 11.4 Å². The van der Waals surface area contributed by atoms with Crippen molar-refractivity contribution < 1.29 is 4.42 Å². The summed E-state index contributed by atoms with van der Waals surface area (Å²) in [6.45, 7) is 0.747. The number of thiophene rings is 1. The number of anilines is 1. The van der Waals surface area contributed by atoms with Crippen LogP contribution in [-0.4, -0.2) is 35.5 Å². The Morgan fingerprint density at radius 2 is 2.26 bits per heavy atom. The second-order valence-corrected chi connectivity index (χ2v) is 7.22. The maximum atomic E-state index is 5.58. The third-order valence-corrected chi connectivity index (χ3v) is 5.66. The van der Waals surface area contributed by atoms with E-state index in [-0.39, 0.29) is 6.04 Å². The standard InChI is InChI=1S/C17H20N4OS/c1-21(2)12(13-6-4-8-22-13)9-18-16-15-11-5-3-7-14(11)23-17(15)20-10-19-16/h4,6,8,10,12H,3,5,7,9H2,1-2H3,(H,18,19,20)/t12-/m0/s1. The first kappa shape index (κ1) is 14.7. The topological polar surface area (TPSA) is 54.2 Å². The SMILES string of the molecule is CN(C)[C@@H](CNc1ncnc2sc3c(c12)CCC3)c1ccco1. The summed E-state index contributed by atoms with van der Waals surface area (Å²) in [5, 5.41) is 4.75. The fraction of sp³-hybridized carbons (Fsp3) is 0.412. The van der Waals surface area contributed by atoms with E-state index < -0.39 is 0 Å². The van der Waals surface area contributed by atoms with Crippen molar-refractivity contribution in [3.63, 3.8) is 0 Å². The van der Waals surface area contributed by atoms with Crippen LogP contribution in [-0.2, 0) is 12.8 Å². The Morgan fingerprint density at radius 3 is 3.04 bits per heavy atom. The Kier molecular flexibility index (Phi) is 3.79. The molecule has 1 atom stereocenters. The molecule has 23 heavy (non-hydrogen) atoms. The van der Waals surface area contributed by atoms with Crippen molar-refractivity contribution in [1.29, 1.82) is 0 Å². The first-order chi connectivity index (χ1) is 11.2. The maximum absolute atomic E-state index is 5.58. The summed E-state index contributed by atoms with van der Waals surface area (Å²) in [5.41, 5.74) is 1.45. The van der Waals surface area contributed by atoms with E-state index in [1.807, 2.05) is 23.5 Å². The lowest BCUT2D eigenvalue weighted by Gasteiger charge is -2.23. The molecule has 0 spiro atoms. The zero-order valence-electron chi connectivity index (χ0n) is 13.4. The van der Waals surface area contributed by atoms with Crippen molar-refractivity contribution in [2.45, 2.75) is 25.3 Å². The van der Waals surface area contributed by atoms with Crippen molar-refractivity contribution >= 4 is 27.4 Å². The van der Waals surface area contributed by atoms with E-state index in [9.17, 15) is 0 Å². The molecular weight excluding hydrogens is 308 g/mol. The quantitative estimate of drug-likeness (QED) is 0.777. The minimum Gasteiger partial charge on any atom is -0.468 e. The minimum atomic E-state index is 0.168. The largest absolute Gasteiger partial charge is 0.468 e. The molecule has 5 nitrogen and oxygen atoms in total. The number of hydrogen-bond donors (Lipinski definition) is 1. The summed E-state index contributed by atoms with van der Waals surface area (Å²) < 4.78 is 5.58. The van der Waals surface area contributed by atoms with E-state index in [0.29, 0.717) is 0 Å². The average molecular weight is 328 g/mol. The third kappa shape index (κ3) is 2.62. The molecule has 120 valence electrons. The highest BCUT2D eigenvalue weighted by Crippen LogP contribution is 2.39. The van der Waals surface area contributed by atoms with Crippen LogP contribution in [0.1, 0.15) is 28.7 Å². The van der Waals surface area contributed by atoms with Gasteiger partial charge in [0.25, 0.3) is 0 Å². The van der Waals surface area contributed by atoms with E-state index >= 15 is 0 Å². The summed E-state index contributed by atoms with van der Waals surface area (Å²) in [6, 6.07) is 4.12. The van der Waals surface area contributed by atoms with Gasteiger partial charge in [-0.05, 0) is 51.1 Å². The number of rotatable bonds is 5. The highest BCUT2D eigenvalue weighted by Gasteiger charge is 2.22. The second kappa shape index (κ2) is 5.94. The molecule has 4 rings (SSSR count). The Morgan fingerprint density at radius 1 is 1.35 bits per heavy atom. The van der Waals surface area contributed by atoms with Crippen LogP contribution in [0.5, 0.6) is 0 Å². The number of furan rings is 1. The Bertz CT molecular complexity index is 809. The number of likely N-dealkylation sites (N-methyl/N-ethyl adjacent to an activating group) is 1. The minimum absolute atomic E-state index is 0.168. The van der Waals surface area contributed by atoms with Crippen LogP contribution in [0.15, 0.2) is 29.1 Å². The van der Waals surface area contributed by atoms with Crippen molar-refractivity contribution in [1.82, 2.24) is 14.9 Å². The zero-order valence-corrected chi connectivity index (χ0v) is 14.2. The number of nitrogens with zero attached hydrogens (tertiary/aromatic N) is 3. The molecule has 0 saturated carbocycles. The van der Waals surface area contributed by atoms with Crippen LogP contribution < -0.4 is 5.32 Å². The van der Waals surface area contributed by atoms with Gasteiger partial charge in [-0.2, -0.15) is 0 Å². The Labute approximate surface area is 139 Å². The predicted octanol–water partition coefficient (Wildman–Crippen LogP) is 3.49. The maximum Gasteiger partial charge on any atom is 0.138 e. The normalized spacial score (nSPS) is 15.3. The van der Waals surface area contributed by atoms with Crippen molar-refractivity contribution in [2.75, 3.05) is 26.0 Å². The van der Waals surface area contributed by atoms with Crippen LogP contribution >= 0.6 is 11.3 Å². The van der Waals surface area contributed by atoms with Gasteiger partial charge in [0.05, 0.1) is 17.7 Å². The Balaban J connectivity index is 1.63. The molecule has 1 N–H and O–H groups in total. The van der Waals surface area contributed by atoms with E-state index in [2.05, 4.69) is 34.3 Å². The number of aromatic nitrogens is 2. The van der Waals surface area contributed by atoms with Gasteiger partial charge in [-0.1, -0.05) is 0 Å². The molecule has 3 aromatic rings. The first-order valence-corrected chi connectivity index (χ1v) is 8.74. The molecule has 6 heteroatoms. The number of hydrogen-bond acceptors (Lipinski definition) is 6. The van der Waals surface area contributed by atoms with Crippen LogP contribution in [0.2, 0.25) is 0 Å². The predicted molar refractivity (Wildman–Crippen MR) is 93.1 cm³/mol. The van der Waals surface area contributed by atoms with E-state index in [0.717, 1.165) is 29.4 Å². The Hall–Kier alpha value is -1.92. The van der Waals surface area contributed by atoms with Crippen molar-refractivity contribution in [3.8, 4) is 0 Å². The molecule has 3 heterocycles. The fourth-order valence-corrected chi connectivity index (χ4v) is 4.50. The van der Waals surface area contributed by atoms with Gasteiger partial charge >= 0.3 is 0 Å². The molecule has 0 saturated heterocycles. The number of aryl methyl sites for hydroxylation is 2. The van der Waals surface area contributed by atoms with E-state index in [1.54, 1.807) is 12.6 Å². The molecule has 3 aromatic heterocycles. The van der Waals surface area contributed by atoms with Crippen LogP contribution in [0.3, 0.4) is 0 Å². The molecular formula is C17H20N4OS. The van der Waals surface area contributed by atoms with Gasteiger partial charge in [0.1, 0.15) is 22.7 Å². The summed E-state index contributed by atoms with van der Waals surface area (Å²) >= 11 is 1.82. The van der Waals surface area contributed by atoms with Gasteiger partial charge in [-0.3, -0.25) is 4.90 Å². The summed E-state index contributed by atoms with van der Waals surface area (Å²) in [7, 11) is 4.12. The lowest BCUT2D eigenvalue weighted by atomic mass is 10.1. The molecule has 0 fully saturated rings. The van der Waals surface area contributed by atoms with Crippen molar-refractivity contribution in [2.24, 2.45) is 0 Å². The molecule has 1 aliphatic rings. The lowest BCUT2D eigenvalue weighted by Crippen LogP contribution is -2.26. The second-order valence-electron chi connectivity index (χ2n) is 6.14. The van der Waals surface area contributed by atoms with Gasteiger partial charge in [-0.15, -0.1) is 11.3 Å². The monoisotopic (exact) mass is 328 g/mol. The van der Waals surface area contributed by atoms with Crippen LogP contribution in [0.25, 0.3) is 10.2 Å². The molecule has 0 radical (unpaired) electrons. The van der Waals surface area contributed by atoms with Gasteiger partial charge in [0.15, 0.2) is 0 Å². The highest BCUT2D eigenvalue weighted by atomic mass is 32.1. The molecule has 0 amide bonds. The smallest absolute Gasteiger partial charge is 0.138 e. The van der Waals surface area contributed by atoms with E-state index in [1.165, 1.54) is 28.7 Å². The van der Waals surface area contributed by atoms with Crippen LogP contribution in [0, 0.1) is 0 Å². The zero-order chi connectivity index (χ0) is 15.8. The molecule has 0 aromatic carbocycles. The van der Waals surface area contributed by atoms with Gasteiger partial charge in [0.2, 0.25) is 0 Å². The van der Waals surface area contributed by atoms with Crippen molar-refractivity contribution in [3.05, 3.63) is 40.9 Å².